The van der Waals surface area contributed by atoms with E-state index in [1.54, 1.807) is 6.08 Å². The van der Waals surface area contributed by atoms with Gasteiger partial charge in [0, 0.05) is 12.8 Å². The van der Waals surface area contributed by atoms with Gasteiger partial charge in [0.2, 0.25) is 5.91 Å². The predicted octanol–water partition coefficient (Wildman–Crippen LogP) is 16.2. The van der Waals surface area contributed by atoms with Gasteiger partial charge < -0.3 is 20.3 Å². The second kappa shape index (κ2) is 51.5. The van der Waals surface area contributed by atoms with Gasteiger partial charge in [-0.2, -0.15) is 0 Å². The van der Waals surface area contributed by atoms with Crippen LogP contribution in [-0.2, 0) is 14.3 Å². The summed E-state index contributed by atoms with van der Waals surface area (Å²) in [6.07, 6.45) is 64.0. The minimum atomic E-state index is -0.853. The van der Waals surface area contributed by atoms with Gasteiger partial charge in [0.25, 0.3) is 0 Å². The molecule has 0 spiro atoms. The summed E-state index contributed by atoms with van der Waals surface area (Å²) < 4.78 is 5.45. The molecule has 3 N–H and O–H groups in total. The van der Waals surface area contributed by atoms with E-state index in [4.69, 9.17) is 4.74 Å². The van der Waals surface area contributed by atoms with Crippen LogP contribution in [0, 0.1) is 0 Å². The Bertz CT molecular complexity index is 1050. The number of aliphatic hydroxyl groups excluding tert-OH is 2. The van der Waals surface area contributed by atoms with E-state index in [1.165, 1.54) is 173 Å². The average molecular weight is 870 g/mol. The third-order valence-electron chi connectivity index (χ3n) is 12.0. The molecule has 0 aromatic carbocycles. The normalized spacial score (nSPS) is 13.0. The summed E-state index contributed by atoms with van der Waals surface area (Å²) in [4.78, 5) is 24.4. The van der Waals surface area contributed by atoms with Crippen molar-refractivity contribution < 1.29 is 24.5 Å². The predicted molar refractivity (Wildman–Crippen MR) is 269 cm³/mol. The number of hydrogen-bond donors (Lipinski definition) is 3. The molecule has 0 heterocycles. The summed E-state index contributed by atoms with van der Waals surface area (Å²) in [5.74, 6) is -0.0978. The third kappa shape index (κ3) is 47.3. The zero-order valence-electron chi connectivity index (χ0n) is 41.1. The second-order valence-corrected chi connectivity index (χ2v) is 18.2. The van der Waals surface area contributed by atoms with Gasteiger partial charge in [0.15, 0.2) is 0 Å². The van der Waals surface area contributed by atoms with Crippen molar-refractivity contribution in [2.75, 3.05) is 13.2 Å². The lowest BCUT2D eigenvalue weighted by Gasteiger charge is -2.20. The fraction of sp³-hybridized carbons (Fsp3) is 0.821. The lowest BCUT2D eigenvalue weighted by atomic mass is 10.0. The van der Waals surface area contributed by atoms with Crippen LogP contribution in [0.3, 0.4) is 0 Å². The molecule has 0 aliphatic heterocycles. The number of nitrogens with one attached hydrogen (secondary N) is 1. The molecule has 2 atom stereocenters. The van der Waals surface area contributed by atoms with Gasteiger partial charge in [0.1, 0.15) is 0 Å². The maximum absolute atomic E-state index is 12.4. The minimum Gasteiger partial charge on any atom is -0.466 e. The average Bonchev–Trinajstić information content (AvgIpc) is 3.27. The van der Waals surface area contributed by atoms with Gasteiger partial charge in [-0.3, -0.25) is 9.59 Å². The topological polar surface area (TPSA) is 95.9 Å². The number of unbranched alkanes of at least 4 members (excludes halogenated alkanes) is 32. The first-order chi connectivity index (χ1) is 30.5. The molecule has 362 valence electrons. The van der Waals surface area contributed by atoms with Crippen molar-refractivity contribution in [3.05, 3.63) is 48.6 Å². The van der Waals surface area contributed by atoms with Crippen LogP contribution in [0.1, 0.15) is 271 Å². The van der Waals surface area contributed by atoms with Crippen molar-refractivity contribution in [2.24, 2.45) is 0 Å². The van der Waals surface area contributed by atoms with E-state index < -0.39 is 12.1 Å². The molecule has 0 bridgehead atoms. The second-order valence-electron chi connectivity index (χ2n) is 18.2. The van der Waals surface area contributed by atoms with Gasteiger partial charge in [-0.25, -0.2) is 0 Å². The summed E-state index contributed by atoms with van der Waals surface area (Å²) in [5, 5.41) is 23.0. The molecule has 0 fully saturated rings. The van der Waals surface area contributed by atoms with E-state index in [9.17, 15) is 19.8 Å². The number of allylic oxidation sites excluding steroid dienone is 7. The van der Waals surface area contributed by atoms with Gasteiger partial charge in [0.05, 0.1) is 25.4 Å². The SMILES string of the molecule is CCC/C=C\C/C=C\CCCCCCCC(=O)OCCCCCCCCCCC/C=C\CCCCCCCC(=O)NC(CO)C(O)/C=C/CCCCCCCCCCCCCC. The number of amides is 1. The number of ether oxygens (including phenoxy) is 1. The van der Waals surface area contributed by atoms with E-state index in [0.29, 0.717) is 19.4 Å². The van der Waals surface area contributed by atoms with Crippen LogP contribution < -0.4 is 5.32 Å². The van der Waals surface area contributed by atoms with Crippen LogP contribution in [-0.4, -0.2) is 47.4 Å². The summed E-state index contributed by atoms with van der Waals surface area (Å²) >= 11 is 0. The number of rotatable bonds is 49. The molecule has 0 saturated heterocycles. The van der Waals surface area contributed by atoms with E-state index in [-0.39, 0.29) is 18.5 Å². The zero-order valence-corrected chi connectivity index (χ0v) is 41.1. The van der Waals surface area contributed by atoms with Crippen LogP contribution in [0.2, 0.25) is 0 Å². The summed E-state index contributed by atoms with van der Waals surface area (Å²) in [5.41, 5.74) is 0. The Kier molecular flexibility index (Phi) is 49.6. The first-order valence-corrected chi connectivity index (χ1v) is 26.9. The molecular formula is C56H103NO5. The van der Waals surface area contributed by atoms with E-state index in [0.717, 1.165) is 70.6 Å². The number of carbonyl (C=O) groups is 2. The Hall–Kier alpha value is -2.18. The first-order valence-electron chi connectivity index (χ1n) is 26.9. The fourth-order valence-corrected chi connectivity index (χ4v) is 7.90. The van der Waals surface area contributed by atoms with Gasteiger partial charge in [-0.1, -0.05) is 223 Å². The molecule has 62 heavy (non-hydrogen) atoms. The molecule has 1 amide bonds. The summed E-state index contributed by atoms with van der Waals surface area (Å²) in [7, 11) is 0. The third-order valence-corrected chi connectivity index (χ3v) is 12.0. The van der Waals surface area contributed by atoms with Crippen LogP contribution in [0.4, 0.5) is 0 Å². The van der Waals surface area contributed by atoms with Crippen molar-refractivity contribution >= 4 is 11.9 Å². The monoisotopic (exact) mass is 870 g/mol. The quantitative estimate of drug-likeness (QED) is 0.0322. The van der Waals surface area contributed by atoms with E-state index >= 15 is 0 Å². The maximum Gasteiger partial charge on any atom is 0.305 e. The Balaban J connectivity index is 3.50. The summed E-state index contributed by atoms with van der Waals surface area (Å²) in [6, 6.07) is -0.638. The molecule has 0 aliphatic carbocycles. The fourth-order valence-electron chi connectivity index (χ4n) is 7.90. The Morgan fingerprint density at radius 3 is 1.31 bits per heavy atom. The Morgan fingerprint density at radius 1 is 0.452 bits per heavy atom. The molecule has 0 aromatic heterocycles. The number of esters is 1. The zero-order chi connectivity index (χ0) is 45.1. The molecule has 6 heteroatoms. The van der Waals surface area contributed by atoms with Crippen LogP contribution in [0.5, 0.6) is 0 Å². The van der Waals surface area contributed by atoms with Crippen molar-refractivity contribution in [2.45, 2.75) is 283 Å². The van der Waals surface area contributed by atoms with E-state index in [2.05, 4.69) is 55.6 Å². The molecular weight excluding hydrogens is 767 g/mol. The Labute approximate surface area is 385 Å². The van der Waals surface area contributed by atoms with Crippen LogP contribution in [0.15, 0.2) is 48.6 Å². The minimum absolute atomic E-state index is 0.0141. The number of hydrogen-bond acceptors (Lipinski definition) is 5. The van der Waals surface area contributed by atoms with Gasteiger partial charge in [-0.05, 0) is 83.5 Å². The first kappa shape index (κ1) is 59.8. The molecule has 0 radical (unpaired) electrons. The highest BCUT2D eigenvalue weighted by Crippen LogP contribution is 2.15. The highest BCUT2D eigenvalue weighted by molar-refractivity contribution is 5.76. The molecule has 6 nitrogen and oxygen atoms in total. The lowest BCUT2D eigenvalue weighted by Crippen LogP contribution is -2.45. The molecule has 0 aliphatic rings. The van der Waals surface area contributed by atoms with Crippen LogP contribution in [0.25, 0.3) is 0 Å². The molecule has 0 saturated carbocycles. The highest BCUT2D eigenvalue weighted by atomic mass is 16.5. The smallest absolute Gasteiger partial charge is 0.305 e. The van der Waals surface area contributed by atoms with Crippen molar-refractivity contribution in [1.29, 1.82) is 0 Å². The maximum atomic E-state index is 12.4. The number of carbonyl (C=O) groups excluding carboxylic acids is 2. The summed E-state index contributed by atoms with van der Waals surface area (Å²) in [6.45, 7) is 4.81. The largest absolute Gasteiger partial charge is 0.466 e. The van der Waals surface area contributed by atoms with Crippen molar-refractivity contribution in [3.8, 4) is 0 Å². The van der Waals surface area contributed by atoms with Crippen molar-refractivity contribution in [1.82, 2.24) is 5.32 Å². The lowest BCUT2D eigenvalue weighted by molar-refractivity contribution is -0.143. The van der Waals surface area contributed by atoms with Gasteiger partial charge in [-0.15, -0.1) is 0 Å². The molecule has 0 aromatic rings. The van der Waals surface area contributed by atoms with Crippen LogP contribution >= 0.6 is 0 Å². The standard InChI is InChI=1S/C56H103NO5/c1-3-5-7-9-11-13-15-17-25-28-32-36-40-44-48-54(59)53(52-58)57-55(60)49-45-41-37-33-29-26-22-20-18-19-21-23-27-31-35-39-43-47-51-62-56(61)50-46-42-38-34-30-24-16-14-12-10-8-6-4-2/h8,10,14,16,20,22,44,48,53-54,58-59H,3-7,9,11-13,15,17-19,21,23-43,45-47,49-52H2,1-2H3,(H,57,60)/b10-8-,16-14-,22-20-,48-44+. The molecule has 0 rings (SSSR count). The van der Waals surface area contributed by atoms with Crippen molar-refractivity contribution in [3.63, 3.8) is 0 Å². The number of aliphatic hydroxyl groups is 2. The highest BCUT2D eigenvalue weighted by Gasteiger charge is 2.18. The Morgan fingerprint density at radius 2 is 0.839 bits per heavy atom. The van der Waals surface area contributed by atoms with E-state index in [1.807, 2.05) is 6.08 Å². The molecule has 2 unspecified atom stereocenters. The van der Waals surface area contributed by atoms with Gasteiger partial charge >= 0.3 is 5.97 Å².